The number of hydrogen-bond donors (Lipinski definition) is 3. The van der Waals surface area contributed by atoms with Crippen LogP contribution in [0.15, 0.2) is 27.1 Å². The molecule has 0 unspecified atom stereocenters. The highest BCUT2D eigenvalue weighted by Gasteiger charge is 2.21. The van der Waals surface area contributed by atoms with Gasteiger partial charge in [-0.3, -0.25) is 0 Å². The number of furan rings is 1. The standard InChI is InChI=1S/C12H6BBrO4/c13-7-6-4-2-1-3-5(14)11(4)18-12(6)10(17)9(16)8(7)15/h1-3,15-17H. The second-order valence-electron chi connectivity index (χ2n) is 3.88. The highest BCUT2D eigenvalue weighted by Crippen LogP contribution is 2.44. The summed E-state index contributed by atoms with van der Waals surface area (Å²) in [5.74, 6) is -1.77. The number of phenolic OH excluding ortho intramolecular Hbond substituents is 3. The van der Waals surface area contributed by atoms with Crippen molar-refractivity contribution in [1.82, 2.24) is 0 Å². The van der Waals surface area contributed by atoms with Crippen LogP contribution >= 0.6 is 15.9 Å². The first-order valence-electron chi connectivity index (χ1n) is 5.05. The molecule has 0 aliphatic carbocycles. The fourth-order valence-electron chi connectivity index (χ4n) is 1.98. The highest BCUT2D eigenvalue weighted by atomic mass is 79.9. The molecule has 6 heteroatoms. The van der Waals surface area contributed by atoms with Crippen LogP contribution in [-0.2, 0) is 0 Å². The monoisotopic (exact) mass is 304 g/mol. The zero-order chi connectivity index (χ0) is 13.0. The van der Waals surface area contributed by atoms with Gasteiger partial charge < -0.3 is 19.7 Å². The van der Waals surface area contributed by atoms with E-state index in [1.165, 1.54) is 0 Å². The number of fused-ring (bicyclic) bond motifs is 3. The van der Waals surface area contributed by atoms with Crippen LogP contribution in [-0.4, -0.2) is 23.2 Å². The topological polar surface area (TPSA) is 73.8 Å². The first-order chi connectivity index (χ1) is 8.52. The summed E-state index contributed by atoms with van der Waals surface area (Å²) in [6.45, 7) is 0. The second-order valence-corrected chi connectivity index (χ2v) is 4.74. The molecule has 0 spiro atoms. The van der Waals surface area contributed by atoms with Crippen molar-refractivity contribution in [2.75, 3.05) is 0 Å². The van der Waals surface area contributed by atoms with E-state index in [0.717, 1.165) is 0 Å². The molecular formula is C12H6BBrO4. The van der Waals surface area contributed by atoms with Crippen molar-refractivity contribution in [2.45, 2.75) is 0 Å². The van der Waals surface area contributed by atoms with Gasteiger partial charge in [-0.2, -0.15) is 0 Å². The predicted molar refractivity (Wildman–Crippen MR) is 71.8 cm³/mol. The Balaban J connectivity index is 2.67. The first kappa shape index (κ1) is 11.3. The Morgan fingerprint density at radius 3 is 2.44 bits per heavy atom. The minimum atomic E-state index is -0.685. The van der Waals surface area contributed by atoms with Gasteiger partial charge in [0.25, 0.3) is 0 Å². The van der Waals surface area contributed by atoms with Crippen molar-refractivity contribution >= 4 is 51.2 Å². The average Bonchev–Trinajstić information content (AvgIpc) is 2.75. The minimum absolute atomic E-state index is 0.0304. The molecule has 0 atom stereocenters. The van der Waals surface area contributed by atoms with E-state index in [-0.39, 0.29) is 11.0 Å². The van der Waals surface area contributed by atoms with Crippen LogP contribution in [0.2, 0.25) is 0 Å². The normalized spacial score (nSPS) is 11.4. The summed E-state index contributed by atoms with van der Waals surface area (Å²) < 4.78 is 6.17. The summed E-state index contributed by atoms with van der Waals surface area (Å²) >= 11 is 3.32. The molecule has 0 bridgehead atoms. The lowest BCUT2D eigenvalue weighted by Gasteiger charge is -2.05. The Hall–Kier alpha value is -1.82. The summed E-state index contributed by atoms with van der Waals surface area (Å²) in [4.78, 5) is 0. The number of halogens is 1. The largest absolute Gasteiger partial charge is 0.505 e. The van der Waals surface area contributed by atoms with Gasteiger partial charge in [0.2, 0.25) is 11.5 Å². The van der Waals surface area contributed by atoms with Crippen molar-refractivity contribution in [3.05, 3.63) is 22.7 Å². The van der Waals surface area contributed by atoms with E-state index in [0.29, 0.717) is 20.8 Å². The number of rotatable bonds is 0. The molecule has 4 nitrogen and oxygen atoms in total. The van der Waals surface area contributed by atoms with Gasteiger partial charge >= 0.3 is 0 Å². The summed E-state index contributed by atoms with van der Waals surface area (Å²) in [6, 6.07) is 5.30. The molecule has 0 aliphatic rings. The second kappa shape index (κ2) is 3.59. The van der Waals surface area contributed by atoms with Gasteiger partial charge in [-0.1, -0.05) is 12.1 Å². The van der Waals surface area contributed by atoms with E-state index in [1.807, 2.05) is 0 Å². The molecule has 2 aromatic carbocycles. The van der Waals surface area contributed by atoms with Crippen LogP contribution in [0.3, 0.4) is 0 Å². The molecule has 3 rings (SSSR count). The van der Waals surface area contributed by atoms with Crippen LogP contribution in [0.25, 0.3) is 21.9 Å². The Bertz CT molecular complexity index is 794. The molecule has 1 heterocycles. The molecule has 0 saturated carbocycles. The summed E-state index contributed by atoms with van der Waals surface area (Å²) in [6.07, 6.45) is 0. The van der Waals surface area contributed by atoms with Crippen molar-refractivity contribution in [3.8, 4) is 17.2 Å². The highest BCUT2D eigenvalue weighted by molar-refractivity contribution is 9.10. The zero-order valence-electron chi connectivity index (χ0n) is 8.94. The van der Waals surface area contributed by atoms with E-state index in [9.17, 15) is 15.3 Å². The quantitative estimate of drug-likeness (QED) is 0.440. The SMILES string of the molecule is [B]c1c(O)c(O)c(O)c2oc3c(Br)cccc3c12. The lowest BCUT2D eigenvalue weighted by atomic mass is 9.89. The number of hydrogen-bond acceptors (Lipinski definition) is 4. The third-order valence-electron chi connectivity index (χ3n) is 2.86. The van der Waals surface area contributed by atoms with Crippen molar-refractivity contribution in [1.29, 1.82) is 0 Å². The maximum absolute atomic E-state index is 9.78. The maximum atomic E-state index is 9.78. The summed E-state index contributed by atoms with van der Waals surface area (Å²) in [5, 5.41) is 30.0. The fourth-order valence-corrected chi connectivity index (χ4v) is 2.43. The van der Waals surface area contributed by atoms with E-state index in [4.69, 9.17) is 12.3 Å². The van der Waals surface area contributed by atoms with Crippen molar-refractivity contribution in [2.24, 2.45) is 0 Å². The van der Waals surface area contributed by atoms with E-state index in [1.54, 1.807) is 18.2 Å². The van der Waals surface area contributed by atoms with Crippen LogP contribution in [0.4, 0.5) is 0 Å². The summed E-state index contributed by atoms with van der Waals surface area (Å²) in [5.41, 5.74) is 0.501. The Morgan fingerprint density at radius 2 is 1.72 bits per heavy atom. The zero-order valence-corrected chi connectivity index (χ0v) is 10.5. The minimum Gasteiger partial charge on any atom is -0.505 e. The van der Waals surface area contributed by atoms with Crippen molar-refractivity contribution < 1.29 is 19.7 Å². The average molecular weight is 305 g/mol. The molecule has 0 amide bonds. The Kier molecular flexibility index (Phi) is 2.25. The van der Waals surface area contributed by atoms with Gasteiger partial charge in [-0.25, -0.2) is 0 Å². The lowest BCUT2D eigenvalue weighted by molar-refractivity contribution is 0.369. The summed E-state index contributed by atoms with van der Waals surface area (Å²) in [7, 11) is 5.75. The third kappa shape index (κ3) is 1.26. The van der Waals surface area contributed by atoms with Gasteiger partial charge in [0.05, 0.1) is 4.47 Å². The van der Waals surface area contributed by atoms with Gasteiger partial charge in [-0.15, -0.1) is 0 Å². The van der Waals surface area contributed by atoms with Gasteiger partial charge in [0.15, 0.2) is 11.3 Å². The Labute approximate surface area is 111 Å². The lowest BCUT2D eigenvalue weighted by Crippen LogP contribution is -2.04. The van der Waals surface area contributed by atoms with Crippen LogP contribution < -0.4 is 5.46 Å². The van der Waals surface area contributed by atoms with Gasteiger partial charge in [0, 0.05) is 10.8 Å². The number of para-hydroxylation sites is 1. The molecule has 0 aliphatic heterocycles. The Morgan fingerprint density at radius 1 is 1.00 bits per heavy atom. The van der Waals surface area contributed by atoms with Crippen LogP contribution in [0.5, 0.6) is 17.2 Å². The molecule has 3 N–H and O–H groups in total. The van der Waals surface area contributed by atoms with Gasteiger partial charge in [-0.05, 0) is 27.5 Å². The van der Waals surface area contributed by atoms with Crippen LogP contribution in [0, 0.1) is 0 Å². The fraction of sp³-hybridized carbons (Fsp3) is 0. The number of benzene rings is 2. The molecule has 3 aromatic rings. The maximum Gasteiger partial charge on any atom is 0.205 e. The van der Waals surface area contributed by atoms with Crippen molar-refractivity contribution in [3.63, 3.8) is 0 Å². The molecular weight excluding hydrogens is 299 g/mol. The molecule has 18 heavy (non-hydrogen) atoms. The molecule has 2 radical (unpaired) electrons. The smallest absolute Gasteiger partial charge is 0.205 e. The van der Waals surface area contributed by atoms with E-state index in [2.05, 4.69) is 15.9 Å². The first-order valence-corrected chi connectivity index (χ1v) is 5.84. The molecule has 88 valence electrons. The van der Waals surface area contributed by atoms with Gasteiger partial charge in [0.1, 0.15) is 13.4 Å². The van der Waals surface area contributed by atoms with E-state index < -0.39 is 17.2 Å². The van der Waals surface area contributed by atoms with E-state index >= 15 is 0 Å². The predicted octanol–water partition coefficient (Wildman–Crippen LogP) is 2.26. The number of aromatic hydroxyl groups is 3. The molecule has 1 aromatic heterocycles. The number of phenols is 3. The molecule has 0 saturated heterocycles. The molecule has 0 fully saturated rings. The van der Waals surface area contributed by atoms with Crippen LogP contribution in [0.1, 0.15) is 0 Å². The third-order valence-corrected chi connectivity index (χ3v) is 3.48.